The fraction of sp³-hybridized carbons (Fsp3) is 0.409. The summed E-state index contributed by atoms with van der Waals surface area (Å²) in [5.41, 5.74) is 3.40. The van der Waals surface area contributed by atoms with Crippen LogP contribution < -0.4 is 9.64 Å². The van der Waals surface area contributed by atoms with E-state index in [0.717, 1.165) is 38.1 Å². The molecule has 0 radical (unpaired) electrons. The van der Waals surface area contributed by atoms with Gasteiger partial charge in [-0.25, -0.2) is 5.01 Å². The molecule has 5 rings (SSSR count). The number of quaternary nitrogens is 1. The molecule has 4 heteroatoms. The Hall–Kier alpha value is -2.33. The monoisotopic (exact) mass is 348 g/mol. The number of nitrogens with zero attached hydrogens (tertiary/aromatic N) is 2. The van der Waals surface area contributed by atoms with Crippen molar-refractivity contribution in [2.24, 2.45) is 5.10 Å². The fourth-order valence-corrected chi connectivity index (χ4v) is 4.71. The summed E-state index contributed by atoms with van der Waals surface area (Å²) in [5.74, 6) is 1.05. The Morgan fingerprint density at radius 2 is 1.81 bits per heavy atom. The van der Waals surface area contributed by atoms with E-state index in [2.05, 4.69) is 66.5 Å². The molecule has 0 amide bonds. The first kappa shape index (κ1) is 15.9. The largest absolute Gasteiger partial charge is 0.466 e. The van der Waals surface area contributed by atoms with Crippen LogP contribution in [0.1, 0.15) is 43.4 Å². The fourth-order valence-electron chi connectivity index (χ4n) is 4.71. The number of ether oxygens (including phenoxy) is 1. The molecule has 0 saturated carbocycles. The maximum atomic E-state index is 6.66. The van der Waals surface area contributed by atoms with E-state index in [9.17, 15) is 0 Å². The lowest BCUT2D eigenvalue weighted by atomic mass is 9.91. The molecule has 0 unspecified atom stereocenters. The molecule has 4 nitrogen and oxygen atoms in total. The van der Waals surface area contributed by atoms with Gasteiger partial charge in [0.25, 0.3) is 0 Å². The predicted octanol–water partition coefficient (Wildman–Crippen LogP) is 2.63. The van der Waals surface area contributed by atoms with E-state index in [1.807, 2.05) is 0 Å². The average molecular weight is 348 g/mol. The first-order valence-electron chi connectivity index (χ1n) is 9.83. The van der Waals surface area contributed by atoms with Gasteiger partial charge in [0.05, 0.1) is 44.2 Å². The lowest BCUT2D eigenvalue weighted by Crippen LogP contribution is -3.13. The van der Waals surface area contributed by atoms with Crippen LogP contribution in [0.15, 0.2) is 59.7 Å². The number of rotatable bonds is 2. The molecule has 0 aromatic heterocycles. The summed E-state index contributed by atoms with van der Waals surface area (Å²) in [7, 11) is 0. The third-order valence-electron chi connectivity index (χ3n) is 6.25. The minimum atomic E-state index is -0.284. The highest BCUT2D eigenvalue weighted by atomic mass is 16.5. The summed E-state index contributed by atoms with van der Waals surface area (Å²) in [6.07, 6.45) is 3.02. The minimum Gasteiger partial charge on any atom is -0.466 e. The van der Waals surface area contributed by atoms with E-state index in [-0.39, 0.29) is 5.72 Å². The second-order valence-electron chi connectivity index (χ2n) is 7.67. The van der Waals surface area contributed by atoms with Gasteiger partial charge in [0.2, 0.25) is 5.72 Å². The first-order chi connectivity index (χ1) is 12.8. The molecule has 0 bridgehead atoms. The van der Waals surface area contributed by atoms with Crippen LogP contribution in [0.3, 0.4) is 0 Å². The molecule has 1 fully saturated rings. The first-order valence-corrected chi connectivity index (χ1v) is 9.83. The molecule has 134 valence electrons. The molecule has 3 heterocycles. The van der Waals surface area contributed by atoms with Crippen molar-refractivity contribution >= 4 is 5.71 Å². The van der Waals surface area contributed by atoms with Crippen LogP contribution in [-0.4, -0.2) is 36.1 Å². The van der Waals surface area contributed by atoms with E-state index in [1.54, 1.807) is 4.90 Å². The number of para-hydroxylation sites is 1. The number of hydrogen-bond donors (Lipinski definition) is 1. The normalized spacial score (nSPS) is 29.7. The highest BCUT2D eigenvalue weighted by Crippen LogP contribution is 2.49. The zero-order valence-corrected chi connectivity index (χ0v) is 15.3. The molecule has 2 aromatic rings. The van der Waals surface area contributed by atoms with Gasteiger partial charge in [0.1, 0.15) is 5.75 Å². The zero-order valence-electron chi connectivity index (χ0n) is 15.3. The summed E-state index contributed by atoms with van der Waals surface area (Å²) in [6.45, 7) is 5.76. The Kier molecular flexibility index (Phi) is 3.75. The van der Waals surface area contributed by atoms with Gasteiger partial charge < -0.3 is 9.64 Å². The van der Waals surface area contributed by atoms with Gasteiger partial charge >= 0.3 is 0 Å². The van der Waals surface area contributed by atoms with Gasteiger partial charge in [0, 0.05) is 12.0 Å². The lowest BCUT2D eigenvalue weighted by molar-refractivity contribution is -0.906. The number of benzene rings is 2. The SMILES string of the molecule is CC[NH+]1CCC2(CC1)Oc1ccccc1[C@H]1CC(c3ccccc3)=NN12. The van der Waals surface area contributed by atoms with Crippen molar-refractivity contribution in [2.75, 3.05) is 19.6 Å². The molecule has 0 aliphatic carbocycles. The summed E-state index contributed by atoms with van der Waals surface area (Å²) in [5, 5.41) is 7.43. The molecular weight excluding hydrogens is 322 g/mol. The van der Waals surface area contributed by atoms with E-state index >= 15 is 0 Å². The Bertz CT molecular complexity index is 824. The Morgan fingerprint density at radius 1 is 1.08 bits per heavy atom. The van der Waals surface area contributed by atoms with Crippen LogP contribution in [0, 0.1) is 0 Å². The smallest absolute Gasteiger partial charge is 0.208 e. The minimum absolute atomic E-state index is 0.284. The van der Waals surface area contributed by atoms with Gasteiger partial charge in [0.15, 0.2) is 0 Å². The van der Waals surface area contributed by atoms with E-state index in [4.69, 9.17) is 9.84 Å². The summed E-state index contributed by atoms with van der Waals surface area (Å²) < 4.78 is 6.66. The van der Waals surface area contributed by atoms with Crippen molar-refractivity contribution < 1.29 is 9.64 Å². The molecule has 3 aliphatic rings. The number of fused-ring (bicyclic) bond motifs is 4. The van der Waals surface area contributed by atoms with Crippen molar-refractivity contribution in [2.45, 2.75) is 38.0 Å². The summed E-state index contributed by atoms with van der Waals surface area (Å²) >= 11 is 0. The second-order valence-corrected chi connectivity index (χ2v) is 7.67. The Morgan fingerprint density at radius 3 is 2.58 bits per heavy atom. The van der Waals surface area contributed by atoms with Crippen molar-refractivity contribution in [1.82, 2.24) is 5.01 Å². The van der Waals surface area contributed by atoms with E-state index in [0.29, 0.717) is 6.04 Å². The summed E-state index contributed by atoms with van der Waals surface area (Å²) in [4.78, 5) is 1.67. The van der Waals surface area contributed by atoms with Crippen LogP contribution in [0.2, 0.25) is 0 Å². The molecule has 2 aromatic carbocycles. The van der Waals surface area contributed by atoms with Gasteiger partial charge in [-0.1, -0.05) is 48.5 Å². The number of likely N-dealkylation sites (tertiary alicyclic amines) is 1. The highest BCUT2D eigenvalue weighted by Gasteiger charge is 2.52. The topological polar surface area (TPSA) is 29.3 Å². The van der Waals surface area contributed by atoms with Gasteiger partial charge in [-0.2, -0.15) is 5.10 Å². The standard InChI is InChI=1S/C22H25N3O/c1-2-24-14-12-22(13-15-24)25-20(18-10-6-7-11-21(18)26-22)16-19(23-25)17-8-4-3-5-9-17/h3-11,20H,2,12-16H2,1H3/p+1/t20-/m1/s1. The molecule has 26 heavy (non-hydrogen) atoms. The molecule has 1 atom stereocenters. The molecular formula is C22H26N3O+. The molecule has 1 saturated heterocycles. The third-order valence-corrected chi connectivity index (χ3v) is 6.25. The van der Waals surface area contributed by atoms with Crippen molar-refractivity contribution in [3.05, 3.63) is 65.7 Å². The Labute approximate surface area is 155 Å². The van der Waals surface area contributed by atoms with Gasteiger partial charge in [-0.15, -0.1) is 0 Å². The van der Waals surface area contributed by atoms with Crippen molar-refractivity contribution in [3.63, 3.8) is 0 Å². The maximum absolute atomic E-state index is 6.66. The van der Waals surface area contributed by atoms with Crippen LogP contribution in [0.5, 0.6) is 5.75 Å². The maximum Gasteiger partial charge on any atom is 0.208 e. The highest BCUT2D eigenvalue weighted by molar-refractivity contribution is 6.01. The molecule has 1 N–H and O–H groups in total. The van der Waals surface area contributed by atoms with Gasteiger partial charge in [-0.3, -0.25) is 0 Å². The van der Waals surface area contributed by atoms with Gasteiger partial charge in [-0.05, 0) is 18.6 Å². The quantitative estimate of drug-likeness (QED) is 0.904. The van der Waals surface area contributed by atoms with Crippen LogP contribution >= 0.6 is 0 Å². The third kappa shape index (κ3) is 2.43. The number of nitrogens with one attached hydrogen (secondary N) is 1. The average Bonchev–Trinajstić information content (AvgIpc) is 3.16. The Balaban J connectivity index is 1.55. The van der Waals surface area contributed by atoms with Crippen LogP contribution in [-0.2, 0) is 0 Å². The lowest BCUT2D eigenvalue weighted by Gasteiger charge is -2.50. The zero-order chi connectivity index (χ0) is 17.6. The number of hydrazone groups is 1. The second kappa shape index (κ2) is 6.13. The van der Waals surface area contributed by atoms with E-state index < -0.39 is 0 Å². The molecule has 1 spiro atoms. The molecule has 3 aliphatic heterocycles. The summed E-state index contributed by atoms with van der Waals surface area (Å²) in [6, 6.07) is 19.4. The van der Waals surface area contributed by atoms with Crippen LogP contribution in [0.4, 0.5) is 0 Å². The van der Waals surface area contributed by atoms with Crippen molar-refractivity contribution in [1.29, 1.82) is 0 Å². The number of hydrogen-bond acceptors (Lipinski definition) is 3. The number of piperidine rings is 1. The van der Waals surface area contributed by atoms with E-state index in [1.165, 1.54) is 23.4 Å². The predicted molar refractivity (Wildman–Crippen MR) is 102 cm³/mol. The van der Waals surface area contributed by atoms with Crippen LogP contribution in [0.25, 0.3) is 0 Å². The van der Waals surface area contributed by atoms with Crippen molar-refractivity contribution in [3.8, 4) is 5.75 Å².